The van der Waals surface area contributed by atoms with Crippen LogP contribution in [-0.2, 0) is 7.05 Å². The quantitative estimate of drug-likeness (QED) is 0.600. The first-order valence-electron chi connectivity index (χ1n) is 4.83. The highest BCUT2D eigenvalue weighted by Crippen LogP contribution is 2.15. The molecule has 1 heterocycles. The third-order valence-electron chi connectivity index (χ3n) is 2.42. The molecular formula is C13H14N+. The lowest BCUT2D eigenvalue weighted by atomic mass is 10.1. The summed E-state index contributed by atoms with van der Waals surface area (Å²) in [5, 5.41) is 1.30. The van der Waals surface area contributed by atoms with Crippen molar-refractivity contribution in [3.63, 3.8) is 0 Å². The number of hydrogen-bond donors (Lipinski definition) is 0. The van der Waals surface area contributed by atoms with Crippen molar-refractivity contribution in [2.45, 2.75) is 6.92 Å². The molecule has 1 aromatic carbocycles. The van der Waals surface area contributed by atoms with Gasteiger partial charge in [-0.1, -0.05) is 24.3 Å². The van der Waals surface area contributed by atoms with Crippen molar-refractivity contribution in [1.29, 1.82) is 0 Å². The largest absolute Gasteiger partial charge is 0.212 e. The number of hydrogen-bond acceptors (Lipinski definition) is 0. The minimum atomic E-state index is 1.27. The summed E-state index contributed by atoms with van der Waals surface area (Å²) in [5.41, 5.74) is 2.55. The molecule has 0 aliphatic heterocycles. The molecule has 1 nitrogen and oxygen atoms in total. The van der Waals surface area contributed by atoms with Crippen molar-refractivity contribution in [2.75, 3.05) is 0 Å². The van der Waals surface area contributed by atoms with Crippen LogP contribution in [0.4, 0.5) is 0 Å². The lowest BCUT2D eigenvalue weighted by molar-refractivity contribution is -0.644. The number of rotatable bonds is 1. The number of nitrogens with zero attached hydrogens (tertiary/aromatic N) is 1. The molecule has 70 valence electrons. The minimum absolute atomic E-state index is 1.27. The van der Waals surface area contributed by atoms with Gasteiger partial charge in [0.15, 0.2) is 6.20 Å². The van der Waals surface area contributed by atoms with Gasteiger partial charge in [-0.25, -0.2) is 4.57 Å². The van der Waals surface area contributed by atoms with Gasteiger partial charge in [0.2, 0.25) is 5.52 Å². The maximum atomic E-state index is 2.16. The zero-order valence-corrected chi connectivity index (χ0v) is 8.57. The Labute approximate surface area is 84.3 Å². The maximum absolute atomic E-state index is 2.16. The third-order valence-corrected chi connectivity index (χ3v) is 2.42. The van der Waals surface area contributed by atoms with Crippen molar-refractivity contribution in [3.05, 3.63) is 48.2 Å². The van der Waals surface area contributed by atoms with E-state index in [1.165, 1.54) is 16.5 Å². The highest BCUT2D eigenvalue weighted by molar-refractivity contribution is 5.85. The summed E-state index contributed by atoms with van der Waals surface area (Å²) in [6.45, 7) is 2.04. The molecule has 0 saturated heterocycles. The van der Waals surface area contributed by atoms with Crippen molar-refractivity contribution in [2.24, 2.45) is 7.05 Å². The summed E-state index contributed by atoms with van der Waals surface area (Å²) in [6, 6.07) is 10.6. The first kappa shape index (κ1) is 8.95. The average molecular weight is 184 g/mol. The molecule has 0 unspecified atom stereocenters. The van der Waals surface area contributed by atoms with Gasteiger partial charge >= 0.3 is 0 Å². The summed E-state index contributed by atoms with van der Waals surface area (Å²) in [5.74, 6) is 0. The Morgan fingerprint density at radius 1 is 1.14 bits per heavy atom. The van der Waals surface area contributed by atoms with Crippen LogP contribution >= 0.6 is 0 Å². The normalized spacial score (nSPS) is 11.3. The van der Waals surface area contributed by atoms with E-state index in [4.69, 9.17) is 0 Å². The van der Waals surface area contributed by atoms with Crippen LogP contribution in [0.15, 0.2) is 42.6 Å². The summed E-state index contributed by atoms with van der Waals surface area (Å²) >= 11 is 0. The van der Waals surface area contributed by atoms with Crippen LogP contribution in [-0.4, -0.2) is 0 Å². The van der Waals surface area contributed by atoms with Gasteiger partial charge in [0.05, 0.1) is 5.39 Å². The number of pyridine rings is 1. The zero-order valence-electron chi connectivity index (χ0n) is 8.57. The SMILES string of the molecule is C/C=C/c1cc[n+](C)c2ccccc12. The predicted octanol–water partition coefficient (Wildman–Crippen LogP) is 2.70. The molecule has 14 heavy (non-hydrogen) atoms. The number of para-hydroxylation sites is 1. The van der Waals surface area contributed by atoms with E-state index in [1.807, 2.05) is 6.92 Å². The molecule has 0 spiro atoms. The van der Waals surface area contributed by atoms with Crippen LogP contribution < -0.4 is 4.57 Å². The molecule has 2 rings (SSSR count). The molecule has 0 saturated carbocycles. The van der Waals surface area contributed by atoms with Crippen LogP contribution in [0.1, 0.15) is 12.5 Å². The van der Waals surface area contributed by atoms with Gasteiger partial charge in [0.25, 0.3) is 0 Å². The van der Waals surface area contributed by atoms with Crippen LogP contribution in [0.2, 0.25) is 0 Å². The second-order valence-corrected chi connectivity index (χ2v) is 3.40. The van der Waals surface area contributed by atoms with Crippen molar-refractivity contribution >= 4 is 17.0 Å². The van der Waals surface area contributed by atoms with E-state index in [0.717, 1.165) is 0 Å². The molecule has 0 aliphatic carbocycles. The number of aryl methyl sites for hydroxylation is 1. The van der Waals surface area contributed by atoms with Crippen LogP contribution in [0, 0.1) is 0 Å². The highest BCUT2D eigenvalue weighted by atomic mass is 14.9. The van der Waals surface area contributed by atoms with Crippen LogP contribution in [0.3, 0.4) is 0 Å². The second-order valence-electron chi connectivity index (χ2n) is 3.40. The predicted molar refractivity (Wildman–Crippen MR) is 59.8 cm³/mol. The summed E-state index contributed by atoms with van der Waals surface area (Å²) in [4.78, 5) is 0. The van der Waals surface area contributed by atoms with E-state index in [2.05, 4.69) is 60.3 Å². The van der Waals surface area contributed by atoms with Gasteiger partial charge < -0.3 is 0 Å². The van der Waals surface area contributed by atoms with Gasteiger partial charge in [-0.2, -0.15) is 0 Å². The molecule has 0 radical (unpaired) electrons. The van der Waals surface area contributed by atoms with Gasteiger partial charge in [-0.3, -0.25) is 0 Å². The van der Waals surface area contributed by atoms with E-state index >= 15 is 0 Å². The van der Waals surface area contributed by atoms with Gasteiger partial charge in [0, 0.05) is 12.1 Å². The van der Waals surface area contributed by atoms with Crippen LogP contribution in [0.5, 0.6) is 0 Å². The molecule has 1 aromatic heterocycles. The molecule has 0 bridgehead atoms. The van der Waals surface area contributed by atoms with E-state index in [1.54, 1.807) is 0 Å². The summed E-state index contributed by atoms with van der Waals surface area (Å²) in [7, 11) is 2.07. The summed E-state index contributed by atoms with van der Waals surface area (Å²) in [6.07, 6.45) is 6.31. The Kier molecular flexibility index (Phi) is 2.32. The van der Waals surface area contributed by atoms with Gasteiger partial charge in [0.1, 0.15) is 7.05 Å². The van der Waals surface area contributed by atoms with Crippen molar-refractivity contribution < 1.29 is 4.57 Å². The fourth-order valence-electron chi connectivity index (χ4n) is 1.71. The number of benzene rings is 1. The second kappa shape index (κ2) is 3.62. The Morgan fingerprint density at radius 3 is 2.71 bits per heavy atom. The van der Waals surface area contributed by atoms with Crippen molar-refractivity contribution in [1.82, 2.24) is 0 Å². The Hall–Kier alpha value is -1.63. The third kappa shape index (κ3) is 1.41. The topological polar surface area (TPSA) is 3.88 Å². The molecule has 0 fully saturated rings. The van der Waals surface area contributed by atoms with Crippen molar-refractivity contribution in [3.8, 4) is 0 Å². The first-order valence-corrected chi connectivity index (χ1v) is 4.83. The average Bonchev–Trinajstić information content (AvgIpc) is 2.23. The number of fused-ring (bicyclic) bond motifs is 1. The fourth-order valence-corrected chi connectivity index (χ4v) is 1.71. The number of allylic oxidation sites excluding steroid dienone is 1. The molecule has 0 N–H and O–H groups in total. The minimum Gasteiger partial charge on any atom is -0.201 e. The van der Waals surface area contributed by atoms with E-state index < -0.39 is 0 Å². The summed E-state index contributed by atoms with van der Waals surface area (Å²) < 4.78 is 2.14. The zero-order chi connectivity index (χ0) is 9.97. The van der Waals surface area contributed by atoms with Gasteiger partial charge in [-0.15, -0.1) is 0 Å². The van der Waals surface area contributed by atoms with E-state index in [9.17, 15) is 0 Å². The van der Waals surface area contributed by atoms with Crippen LogP contribution in [0.25, 0.3) is 17.0 Å². The standard InChI is InChI=1S/C13H14N/c1-3-6-11-9-10-14(2)13-8-5-4-7-12(11)13/h3-10H,1-2H3/q+1/b6-3+. The molecule has 2 aromatic rings. The molecule has 1 heteroatoms. The highest BCUT2D eigenvalue weighted by Gasteiger charge is 2.05. The fraction of sp³-hybridized carbons (Fsp3) is 0.154. The maximum Gasteiger partial charge on any atom is 0.212 e. The molecule has 0 aliphatic rings. The Balaban J connectivity index is 2.81. The Morgan fingerprint density at radius 2 is 1.93 bits per heavy atom. The Bertz CT molecular complexity index is 484. The number of aromatic nitrogens is 1. The lowest BCUT2D eigenvalue weighted by Crippen LogP contribution is -2.28. The molecule has 0 atom stereocenters. The molecular weight excluding hydrogens is 170 g/mol. The van der Waals surface area contributed by atoms with E-state index in [-0.39, 0.29) is 0 Å². The van der Waals surface area contributed by atoms with E-state index in [0.29, 0.717) is 0 Å². The van der Waals surface area contributed by atoms with Gasteiger partial charge in [-0.05, 0) is 18.6 Å². The monoisotopic (exact) mass is 184 g/mol. The molecule has 0 amide bonds. The first-order chi connectivity index (χ1) is 6.83. The lowest BCUT2D eigenvalue weighted by Gasteiger charge is -1.99. The smallest absolute Gasteiger partial charge is 0.201 e.